The predicted octanol–water partition coefficient (Wildman–Crippen LogP) is 1.85. The first-order valence-corrected chi connectivity index (χ1v) is 6.68. The van der Waals surface area contributed by atoms with E-state index in [1.807, 2.05) is 30.3 Å². The van der Waals surface area contributed by atoms with Gasteiger partial charge >= 0.3 is 5.97 Å². The number of carbonyl (C=O) groups is 1. The summed E-state index contributed by atoms with van der Waals surface area (Å²) in [7, 11) is 0. The summed E-state index contributed by atoms with van der Waals surface area (Å²) in [5.74, 6) is -1.02. The molecule has 0 spiro atoms. The van der Waals surface area contributed by atoms with E-state index in [2.05, 4.69) is 19.2 Å². The van der Waals surface area contributed by atoms with E-state index in [4.69, 9.17) is 5.11 Å². The van der Waals surface area contributed by atoms with Crippen molar-refractivity contribution in [1.82, 2.24) is 5.32 Å². The molecule has 1 aromatic rings. The van der Waals surface area contributed by atoms with Gasteiger partial charge in [0.15, 0.2) is 0 Å². The monoisotopic (exact) mass is 265 g/mol. The minimum atomic E-state index is -0.829. The molecule has 3 N–H and O–H groups in total. The maximum Gasteiger partial charge on any atom is 0.312 e. The van der Waals surface area contributed by atoms with E-state index >= 15 is 0 Å². The molecule has 106 valence electrons. The van der Waals surface area contributed by atoms with Crippen molar-refractivity contribution in [2.24, 2.45) is 5.92 Å². The summed E-state index contributed by atoms with van der Waals surface area (Å²) < 4.78 is 0. The predicted molar refractivity (Wildman–Crippen MR) is 75.2 cm³/mol. The lowest BCUT2D eigenvalue weighted by Crippen LogP contribution is -2.39. The molecule has 0 bridgehead atoms. The summed E-state index contributed by atoms with van der Waals surface area (Å²) >= 11 is 0. The molecule has 0 amide bonds. The van der Waals surface area contributed by atoms with Crippen LogP contribution in [-0.4, -0.2) is 35.4 Å². The number of rotatable bonds is 8. The Morgan fingerprint density at radius 2 is 1.89 bits per heavy atom. The van der Waals surface area contributed by atoms with Gasteiger partial charge in [0.25, 0.3) is 0 Å². The summed E-state index contributed by atoms with van der Waals surface area (Å²) in [6.45, 7) is 4.61. The first-order chi connectivity index (χ1) is 9.06. The van der Waals surface area contributed by atoms with Gasteiger partial charge in [-0.3, -0.25) is 4.79 Å². The highest BCUT2D eigenvalue weighted by Gasteiger charge is 2.21. The van der Waals surface area contributed by atoms with Gasteiger partial charge in [-0.05, 0) is 17.9 Å². The minimum absolute atomic E-state index is 0.110. The number of benzene rings is 1. The number of carboxylic acids is 1. The average molecular weight is 265 g/mol. The minimum Gasteiger partial charge on any atom is -0.481 e. The molecule has 2 atom stereocenters. The van der Waals surface area contributed by atoms with Gasteiger partial charge < -0.3 is 15.5 Å². The lowest BCUT2D eigenvalue weighted by molar-refractivity contribution is -0.138. The molecule has 0 aliphatic rings. The van der Waals surface area contributed by atoms with Crippen molar-refractivity contribution < 1.29 is 15.0 Å². The van der Waals surface area contributed by atoms with Gasteiger partial charge in [0.2, 0.25) is 0 Å². The zero-order chi connectivity index (χ0) is 14.3. The Morgan fingerprint density at radius 1 is 1.26 bits per heavy atom. The molecule has 0 aromatic heterocycles. The second-order valence-electron chi connectivity index (χ2n) is 5.07. The summed E-state index contributed by atoms with van der Waals surface area (Å²) in [5, 5.41) is 21.6. The van der Waals surface area contributed by atoms with Crippen LogP contribution in [0.15, 0.2) is 30.3 Å². The molecule has 1 aromatic carbocycles. The molecule has 0 radical (unpaired) electrons. The second-order valence-corrected chi connectivity index (χ2v) is 5.07. The summed E-state index contributed by atoms with van der Waals surface area (Å²) in [4.78, 5) is 11.4. The van der Waals surface area contributed by atoms with Gasteiger partial charge in [0.05, 0.1) is 5.92 Å². The van der Waals surface area contributed by atoms with E-state index in [1.54, 1.807) is 0 Å². The fourth-order valence-electron chi connectivity index (χ4n) is 2.11. The molecule has 0 fully saturated rings. The fourth-order valence-corrected chi connectivity index (χ4v) is 2.11. The molecule has 4 nitrogen and oxygen atoms in total. The quantitative estimate of drug-likeness (QED) is 0.671. The van der Waals surface area contributed by atoms with E-state index in [-0.39, 0.29) is 12.6 Å². The molecule has 0 saturated heterocycles. The Balaban J connectivity index is 2.67. The van der Waals surface area contributed by atoms with E-state index < -0.39 is 11.9 Å². The van der Waals surface area contributed by atoms with Gasteiger partial charge in [-0.1, -0.05) is 44.2 Å². The van der Waals surface area contributed by atoms with E-state index in [0.29, 0.717) is 18.9 Å². The van der Waals surface area contributed by atoms with E-state index in [9.17, 15) is 9.90 Å². The first-order valence-electron chi connectivity index (χ1n) is 6.68. The topological polar surface area (TPSA) is 69.6 Å². The van der Waals surface area contributed by atoms with Crippen LogP contribution in [0.1, 0.15) is 31.7 Å². The Labute approximate surface area is 114 Å². The van der Waals surface area contributed by atoms with Crippen molar-refractivity contribution in [3.63, 3.8) is 0 Å². The maximum absolute atomic E-state index is 11.4. The fraction of sp³-hybridized carbons (Fsp3) is 0.533. The number of nitrogens with one attached hydrogen (secondary N) is 1. The molecular weight excluding hydrogens is 242 g/mol. The van der Waals surface area contributed by atoms with Crippen LogP contribution in [0.5, 0.6) is 0 Å². The first kappa shape index (κ1) is 15.7. The van der Waals surface area contributed by atoms with Gasteiger partial charge in [-0.2, -0.15) is 0 Å². The van der Waals surface area contributed by atoms with Gasteiger partial charge in [-0.15, -0.1) is 0 Å². The summed E-state index contributed by atoms with van der Waals surface area (Å²) in [6.07, 6.45) is 0.638. The smallest absolute Gasteiger partial charge is 0.312 e. The Kier molecular flexibility index (Phi) is 6.53. The van der Waals surface area contributed by atoms with Crippen LogP contribution in [0.25, 0.3) is 0 Å². The number of hydrogen-bond donors (Lipinski definition) is 3. The van der Waals surface area contributed by atoms with Gasteiger partial charge in [0, 0.05) is 19.2 Å². The molecule has 4 heteroatoms. The molecule has 19 heavy (non-hydrogen) atoms. The third-order valence-electron chi connectivity index (χ3n) is 3.33. The molecule has 2 unspecified atom stereocenters. The Morgan fingerprint density at radius 3 is 2.37 bits per heavy atom. The molecule has 0 aliphatic heterocycles. The van der Waals surface area contributed by atoms with Crippen LogP contribution >= 0.6 is 0 Å². The molecule has 0 saturated carbocycles. The third kappa shape index (κ3) is 5.01. The van der Waals surface area contributed by atoms with Crippen molar-refractivity contribution in [1.29, 1.82) is 0 Å². The summed E-state index contributed by atoms with van der Waals surface area (Å²) in [5.41, 5.74) is 0.800. The number of aliphatic hydroxyl groups excluding tert-OH is 1. The average Bonchev–Trinajstić information content (AvgIpc) is 2.38. The number of aliphatic hydroxyl groups is 1. The van der Waals surface area contributed by atoms with Crippen LogP contribution in [0.4, 0.5) is 0 Å². The van der Waals surface area contributed by atoms with Crippen molar-refractivity contribution >= 4 is 5.97 Å². The highest BCUT2D eigenvalue weighted by atomic mass is 16.4. The second kappa shape index (κ2) is 7.92. The standard InChI is InChI=1S/C15H23NO3/c1-11(2)14(8-9-17)16-10-13(15(18)19)12-6-4-3-5-7-12/h3-7,11,13-14,16-17H,8-10H2,1-2H3,(H,18,19). The van der Waals surface area contributed by atoms with Crippen LogP contribution in [0, 0.1) is 5.92 Å². The van der Waals surface area contributed by atoms with Crippen molar-refractivity contribution in [3.8, 4) is 0 Å². The van der Waals surface area contributed by atoms with Crippen molar-refractivity contribution in [2.75, 3.05) is 13.2 Å². The van der Waals surface area contributed by atoms with Crippen LogP contribution in [-0.2, 0) is 4.79 Å². The zero-order valence-electron chi connectivity index (χ0n) is 11.5. The molecule has 1 rings (SSSR count). The number of carboxylic acid groups (broad SMARTS) is 1. The van der Waals surface area contributed by atoms with Crippen LogP contribution < -0.4 is 5.32 Å². The molecule has 0 aliphatic carbocycles. The van der Waals surface area contributed by atoms with Crippen LogP contribution in [0.2, 0.25) is 0 Å². The summed E-state index contributed by atoms with van der Waals surface area (Å²) in [6, 6.07) is 9.36. The molecular formula is C15H23NO3. The number of aliphatic carboxylic acids is 1. The largest absolute Gasteiger partial charge is 0.481 e. The van der Waals surface area contributed by atoms with Crippen molar-refractivity contribution in [2.45, 2.75) is 32.2 Å². The van der Waals surface area contributed by atoms with E-state index in [1.165, 1.54) is 0 Å². The lowest BCUT2D eigenvalue weighted by atomic mass is 9.96. The van der Waals surface area contributed by atoms with E-state index in [0.717, 1.165) is 5.56 Å². The molecule has 0 heterocycles. The Bertz CT molecular complexity index is 378. The highest BCUT2D eigenvalue weighted by molar-refractivity contribution is 5.76. The third-order valence-corrected chi connectivity index (χ3v) is 3.33. The zero-order valence-corrected chi connectivity index (χ0v) is 11.5. The maximum atomic E-state index is 11.4. The SMILES string of the molecule is CC(C)C(CCO)NCC(C(=O)O)c1ccccc1. The highest BCUT2D eigenvalue weighted by Crippen LogP contribution is 2.16. The van der Waals surface area contributed by atoms with Gasteiger partial charge in [-0.25, -0.2) is 0 Å². The Hall–Kier alpha value is -1.39. The number of hydrogen-bond acceptors (Lipinski definition) is 3. The van der Waals surface area contributed by atoms with Crippen molar-refractivity contribution in [3.05, 3.63) is 35.9 Å². The van der Waals surface area contributed by atoms with Gasteiger partial charge in [0.1, 0.15) is 0 Å². The lowest BCUT2D eigenvalue weighted by Gasteiger charge is -2.24. The normalized spacial score (nSPS) is 14.3. The van der Waals surface area contributed by atoms with Crippen LogP contribution in [0.3, 0.4) is 0 Å².